The zero-order valence-electron chi connectivity index (χ0n) is 6.58. The Labute approximate surface area is 69.4 Å². The van der Waals surface area contributed by atoms with Crippen molar-refractivity contribution >= 4 is 11.3 Å². The Bertz CT molecular complexity index is 120. The third-order valence-electron chi connectivity index (χ3n) is 1.39. The highest BCUT2D eigenvalue weighted by atomic mass is 32.2. The van der Waals surface area contributed by atoms with E-state index < -0.39 is 11.3 Å². The maximum Gasteiger partial charge on any atom is 0.0594 e. The van der Waals surface area contributed by atoms with Gasteiger partial charge in [0.25, 0.3) is 0 Å². The summed E-state index contributed by atoms with van der Waals surface area (Å²) in [5.41, 5.74) is 0. The summed E-state index contributed by atoms with van der Waals surface area (Å²) in [6.45, 7) is 1.89. The van der Waals surface area contributed by atoms with Crippen molar-refractivity contribution in [2.45, 2.75) is 32.2 Å². The van der Waals surface area contributed by atoms with Gasteiger partial charge in [0.1, 0.15) is 0 Å². The molecule has 0 bridgehead atoms. The van der Waals surface area contributed by atoms with Gasteiger partial charge < -0.3 is 9.66 Å². The van der Waals surface area contributed by atoms with Gasteiger partial charge in [-0.3, -0.25) is 4.21 Å². The summed E-state index contributed by atoms with van der Waals surface area (Å²) < 4.78 is 22.5. The predicted molar refractivity (Wildman–Crippen MR) is 42.5 cm³/mol. The number of aliphatic hydroxyl groups is 1. The van der Waals surface area contributed by atoms with E-state index in [-0.39, 0.29) is 12.6 Å². The molecule has 2 N–H and O–H groups in total. The minimum Gasteiger partial charge on any atom is -0.760 e. The highest BCUT2D eigenvalue weighted by Crippen LogP contribution is 1.99. The first kappa shape index (κ1) is 11.0. The van der Waals surface area contributed by atoms with Crippen molar-refractivity contribution in [2.24, 2.45) is 0 Å². The average molecular weight is 180 g/mol. The molecule has 2 unspecified atom stereocenters. The van der Waals surface area contributed by atoms with Gasteiger partial charge >= 0.3 is 0 Å². The molecule has 0 radical (unpaired) electrons. The molecular formula is C6H14NO3S-. The fourth-order valence-electron chi connectivity index (χ4n) is 0.774. The van der Waals surface area contributed by atoms with Crippen LogP contribution in [0.5, 0.6) is 0 Å². The van der Waals surface area contributed by atoms with E-state index in [1.54, 1.807) is 0 Å². The molecule has 4 nitrogen and oxygen atoms in total. The van der Waals surface area contributed by atoms with Gasteiger partial charge in [-0.1, -0.05) is 19.8 Å². The Morgan fingerprint density at radius 2 is 2.36 bits per heavy atom. The van der Waals surface area contributed by atoms with Gasteiger partial charge in [-0.2, -0.15) is 0 Å². The van der Waals surface area contributed by atoms with E-state index >= 15 is 0 Å². The molecule has 0 aromatic heterocycles. The number of aliphatic hydroxyl groups excluding tert-OH is 1. The fourth-order valence-corrected chi connectivity index (χ4v) is 1.24. The molecule has 0 aliphatic heterocycles. The molecule has 0 aromatic rings. The van der Waals surface area contributed by atoms with Gasteiger partial charge in [-0.25, -0.2) is 4.72 Å². The highest BCUT2D eigenvalue weighted by molar-refractivity contribution is 7.77. The molecule has 0 heterocycles. The summed E-state index contributed by atoms with van der Waals surface area (Å²) in [6, 6.07) is -0.312. The van der Waals surface area contributed by atoms with Gasteiger partial charge in [-0.15, -0.1) is 0 Å². The number of nitrogens with one attached hydrogen (secondary N) is 1. The van der Waals surface area contributed by atoms with E-state index in [2.05, 4.69) is 4.72 Å². The molecule has 68 valence electrons. The number of hydrogen-bond acceptors (Lipinski definition) is 3. The summed E-state index contributed by atoms with van der Waals surface area (Å²) >= 11 is -2.26. The van der Waals surface area contributed by atoms with Gasteiger partial charge in [0.05, 0.1) is 6.61 Å². The second kappa shape index (κ2) is 6.72. The molecule has 0 aliphatic rings. The standard InChI is InChI=1S/C6H15NO3S/c1-2-3-4-6(5-8)7-11(9)10/h6-8H,2-5H2,1H3,(H,9,10)/p-1. The van der Waals surface area contributed by atoms with Crippen molar-refractivity contribution < 1.29 is 13.9 Å². The van der Waals surface area contributed by atoms with Crippen LogP contribution >= 0.6 is 0 Å². The first-order valence-electron chi connectivity index (χ1n) is 3.67. The molecular weight excluding hydrogens is 166 g/mol. The monoisotopic (exact) mass is 180 g/mol. The van der Waals surface area contributed by atoms with Crippen LogP contribution in [0.25, 0.3) is 0 Å². The van der Waals surface area contributed by atoms with Gasteiger partial charge in [0.15, 0.2) is 0 Å². The molecule has 5 heteroatoms. The predicted octanol–water partition coefficient (Wildman–Crippen LogP) is -0.0788. The van der Waals surface area contributed by atoms with Crippen molar-refractivity contribution in [3.05, 3.63) is 0 Å². The third-order valence-corrected chi connectivity index (χ3v) is 1.92. The Hall–Kier alpha value is 0.0300. The topological polar surface area (TPSA) is 72.4 Å². The Balaban J connectivity index is 3.49. The summed E-state index contributed by atoms with van der Waals surface area (Å²) in [7, 11) is 0. The lowest BCUT2D eigenvalue weighted by molar-refractivity contribution is 0.247. The van der Waals surface area contributed by atoms with E-state index in [0.29, 0.717) is 6.42 Å². The zero-order chi connectivity index (χ0) is 8.69. The van der Waals surface area contributed by atoms with Crippen LogP contribution in [-0.2, 0) is 11.3 Å². The molecule has 0 aromatic carbocycles. The Morgan fingerprint density at radius 1 is 1.73 bits per heavy atom. The maximum atomic E-state index is 10.1. The van der Waals surface area contributed by atoms with Crippen molar-refractivity contribution in [1.29, 1.82) is 0 Å². The quantitative estimate of drug-likeness (QED) is 0.562. The van der Waals surface area contributed by atoms with Crippen LogP contribution in [0.2, 0.25) is 0 Å². The van der Waals surface area contributed by atoms with Gasteiger partial charge in [0.2, 0.25) is 0 Å². The van der Waals surface area contributed by atoms with Crippen LogP contribution in [0.3, 0.4) is 0 Å². The van der Waals surface area contributed by atoms with E-state index in [1.165, 1.54) is 0 Å². The molecule has 11 heavy (non-hydrogen) atoms. The summed E-state index contributed by atoms with van der Waals surface area (Å²) in [5.74, 6) is 0. The van der Waals surface area contributed by atoms with Crippen molar-refractivity contribution in [1.82, 2.24) is 4.72 Å². The SMILES string of the molecule is CCCCC(CO)NS(=O)[O-]. The first-order chi connectivity index (χ1) is 5.20. The number of unbranched alkanes of at least 4 members (excludes halogenated alkanes) is 1. The van der Waals surface area contributed by atoms with Crippen molar-refractivity contribution in [3.8, 4) is 0 Å². The molecule has 0 amide bonds. The van der Waals surface area contributed by atoms with Crippen molar-refractivity contribution in [2.75, 3.05) is 6.61 Å². The van der Waals surface area contributed by atoms with E-state index in [9.17, 15) is 8.76 Å². The lowest BCUT2D eigenvalue weighted by Gasteiger charge is -2.16. The number of hydrogen-bond donors (Lipinski definition) is 2. The Kier molecular flexibility index (Phi) is 6.74. The lowest BCUT2D eigenvalue weighted by Crippen LogP contribution is -2.33. The molecule has 0 fully saturated rings. The van der Waals surface area contributed by atoms with E-state index in [4.69, 9.17) is 5.11 Å². The molecule has 0 saturated heterocycles. The highest BCUT2D eigenvalue weighted by Gasteiger charge is 2.04. The van der Waals surface area contributed by atoms with Gasteiger partial charge in [0, 0.05) is 17.3 Å². The van der Waals surface area contributed by atoms with Crippen LogP contribution in [0, 0.1) is 0 Å². The third kappa shape index (κ3) is 6.43. The fraction of sp³-hybridized carbons (Fsp3) is 1.00. The largest absolute Gasteiger partial charge is 0.760 e. The molecule has 0 spiro atoms. The van der Waals surface area contributed by atoms with Crippen LogP contribution in [0.1, 0.15) is 26.2 Å². The second-order valence-corrected chi connectivity index (χ2v) is 3.08. The normalized spacial score (nSPS) is 16.3. The number of rotatable bonds is 6. The first-order valence-corrected chi connectivity index (χ1v) is 4.74. The second-order valence-electron chi connectivity index (χ2n) is 2.37. The summed E-state index contributed by atoms with van der Waals surface area (Å²) in [5, 5.41) is 8.67. The van der Waals surface area contributed by atoms with E-state index in [1.807, 2.05) is 6.92 Å². The zero-order valence-corrected chi connectivity index (χ0v) is 7.39. The maximum absolute atomic E-state index is 10.1. The minimum absolute atomic E-state index is 0.131. The molecule has 0 aliphatic carbocycles. The smallest absolute Gasteiger partial charge is 0.0594 e. The van der Waals surface area contributed by atoms with E-state index in [0.717, 1.165) is 12.8 Å². The minimum atomic E-state index is -2.26. The molecule has 0 saturated carbocycles. The Morgan fingerprint density at radius 3 is 2.73 bits per heavy atom. The molecule has 2 atom stereocenters. The van der Waals surface area contributed by atoms with Crippen LogP contribution in [-0.4, -0.2) is 26.5 Å². The van der Waals surface area contributed by atoms with Crippen LogP contribution in [0.4, 0.5) is 0 Å². The van der Waals surface area contributed by atoms with Crippen LogP contribution in [0.15, 0.2) is 0 Å². The van der Waals surface area contributed by atoms with Crippen molar-refractivity contribution in [3.63, 3.8) is 0 Å². The average Bonchev–Trinajstić information content (AvgIpc) is 1.97. The van der Waals surface area contributed by atoms with Crippen LogP contribution < -0.4 is 4.72 Å². The van der Waals surface area contributed by atoms with Gasteiger partial charge in [-0.05, 0) is 6.42 Å². The summed E-state index contributed by atoms with van der Waals surface area (Å²) in [6.07, 6.45) is 2.63. The molecule has 0 rings (SSSR count). The summed E-state index contributed by atoms with van der Waals surface area (Å²) in [4.78, 5) is 0. The lowest BCUT2D eigenvalue weighted by atomic mass is 10.1.